The summed E-state index contributed by atoms with van der Waals surface area (Å²) in [6.45, 7) is 3.23. The van der Waals surface area contributed by atoms with E-state index in [0.717, 1.165) is 0 Å². The number of carbonyl (C=O) groups excluding carboxylic acids is 2. The van der Waals surface area contributed by atoms with Crippen molar-refractivity contribution in [3.63, 3.8) is 0 Å². The fourth-order valence-corrected chi connectivity index (χ4v) is 2.55. The highest BCUT2D eigenvalue weighted by molar-refractivity contribution is 5.87. The largest absolute Gasteiger partial charge is 0.497 e. The van der Waals surface area contributed by atoms with E-state index in [4.69, 9.17) is 9.47 Å². The molecule has 23 heavy (non-hydrogen) atoms. The van der Waals surface area contributed by atoms with E-state index in [0.29, 0.717) is 24.4 Å². The van der Waals surface area contributed by atoms with Crippen LogP contribution < -0.4 is 10.1 Å². The van der Waals surface area contributed by atoms with Crippen LogP contribution in [0.15, 0.2) is 18.2 Å². The zero-order valence-corrected chi connectivity index (χ0v) is 13.3. The van der Waals surface area contributed by atoms with E-state index in [1.807, 2.05) is 0 Å². The summed E-state index contributed by atoms with van der Waals surface area (Å²) in [6.07, 6.45) is -0.0442. The molecule has 0 radical (unpaired) electrons. The molecule has 0 saturated carbocycles. The smallest absolute Gasteiger partial charge is 0.307 e. The number of piperazine rings is 1. The number of halogens is 1. The standard InChI is InChI=1S/C16H21FN2O4/c1-3-23-15(20)9-14-16(21)18-6-7-19(14)10-11-4-5-12(22-2)8-13(11)17/h4-5,8,14H,3,6-7,9-10H2,1-2H3,(H,18,21)/t14-/m1/s1. The number of amides is 1. The summed E-state index contributed by atoms with van der Waals surface area (Å²) in [6, 6.07) is 3.95. The number of esters is 1. The highest BCUT2D eigenvalue weighted by Crippen LogP contribution is 2.20. The van der Waals surface area contributed by atoms with Gasteiger partial charge in [0, 0.05) is 31.3 Å². The van der Waals surface area contributed by atoms with Crippen molar-refractivity contribution in [2.75, 3.05) is 26.8 Å². The number of carbonyl (C=O) groups is 2. The van der Waals surface area contributed by atoms with Crippen molar-refractivity contribution in [3.05, 3.63) is 29.6 Å². The second-order valence-corrected chi connectivity index (χ2v) is 5.24. The maximum absolute atomic E-state index is 14.1. The number of hydrogen-bond donors (Lipinski definition) is 1. The Balaban J connectivity index is 2.11. The van der Waals surface area contributed by atoms with Gasteiger partial charge in [-0.2, -0.15) is 0 Å². The molecule has 1 aromatic carbocycles. The average molecular weight is 324 g/mol. The third-order valence-electron chi connectivity index (χ3n) is 3.74. The van der Waals surface area contributed by atoms with Crippen molar-refractivity contribution >= 4 is 11.9 Å². The maximum atomic E-state index is 14.1. The topological polar surface area (TPSA) is 67.9 Å². The minimum atomic E-state index is -0.649. The Morgan fingerprint density at radius 2 is 2.26 bits per heavy atom. The molecule has 0 bridgehead atoms. The third-order valence-corrected chi connectivity index (χ3v) is 3.74. The quantitative estimate of drug-likeness (QED) is 0.794. The van der Waals surface area contributed by atoms with Crippen LogP contribution in [0, 0.1) is 5.82 Å². The van der Waals surface area contributed by atoms with E-state index in [2.05, 4.69) is 5.32 Å². The molecule has 1 heterocycles. The minimum Gasteiger partial charge on any atom is -0.497 e. The van der Waals surface area contributed by atoms with Crippen molar-refractivity contribution < 1.29 is 23.5 Å². The molecule has 1 N–H and O–H groups in total. The highest BCUT2D eigenvalue weighted by atomic mass is 19.1. The minimum absolute atomic E-state index is 0.0442. The van der Waals surface area contributed by atoms with Crippen LogP contribution in [0.25, 0.3) is 0 Å². The van der Waals surface area contributed by atoms with Gasteiger partial charge >= 0.3 is 5.97 Å². The molecule has 1 amide bonds. The Labute approximate surface area is 134 Å². The number of nitrogens with zero attached hydrogens (tertiary/aromatic N) is 1. The number of hydrogen-bond acceptors (Lipinski definition) is 5. The van der Waals surface area contributed by atoms with Crippen molar-refractivity contribution in [2.24, 2.45) is 0 Å². The second-order valence-electron chi connectivity index (χ2n) is 5.24. The van der Waals surface area contributed by atoms with E-state index in [-0.39, 0.29) is 25.5 Å². The zero-order valence-electron chi connectivity index (χ0n) is 13.3. The SMILES string of the molecule is CCOC(=O)C[C@@H]1C(=O)NCCN1Cc1ccc(OC)cc1F. The normalized spacial score (nSPS) is 18.4. The average Bonchev–Trinajstić information content (AvgIpc) is 2.52. The molecule has 1 aliphatic heterocycles. The molecule has 0 aliphatic carbocycles. The van der Waals surface area contributed by atoms with Gasteiger partial charge in [0.05, 0.1) is 20.1 Å². The summed E-state index contributed by atoms with van der Waals surface area (Å²) in [5.41, 5.74) is 0.453. The molecule has 1 saturated heterocycles. The van der Waals surface area contributed by atoms with Crippen LogP contribution in [0.2, 0.25) is 0 Å². The van der Waals surface area contributed by atoms with Gasteiger partial charge in [-0.25, -0.2) is 4.39 Å². The van der Waals surface area contributed by atoms with Gasteiger partial charge in [0.2, 0.25) is 5.91 Å². The van der Waals surface area contributed by atoms with Gasteiger partial charge in [-0.05, 0) is 13.0 Å². The molecule has 1 aromatic rings. The first-order chi connectivity index (χ1) is 11.0. The molecule has 0 spiro atoms. The number of ether oxygens (including phenoxy) is 2. The summed E-state index contributed by atoms with van der Waals surface area (Å²) in [7, 11) is 1.47. The van der Waals surface area contributed by atoms with Crippen molar-refractivity contribution in [2.45, 2.75) is 25.9 Å². The van der Waals surface area contributed by atoms with Crippen LogP contribution in [-0.4, -0.2) is 49.6 Å². The van der Waals surface area contributed by atoms with Crippen LogP contribution in [0.4, 0.5) is 4.39 Å². The summed E-state index contributed by atoms with van der Waals surface area (Å²) < 4.78 is 24.0. The molecule has 126 valence electrons. The molecule has 0 aromatic heterocycles. The lowest BCUT2D eigenvalue weighted by Gasteiger charge is -2.34. The van der Waals surface area contributed by atoms with Gasteiger partial charge in [0.15, 0.2) is 0 Å². The van der Waals surface area contributed by atoms with Crippen molar-refractivity contribution in [1.82, 2.24) is 10.2 Å². The Bertz CT molecular complexity index is 579. The fourth-order valence-electron chi connectivity index (χ4n) is 2.55. The summed E-state index contributed by atoms with van der Waals surface area (Å²) in [4.78, 5) is 25.5. The predicted molar refractivity (Wildman–Crippen MR) is 81.4 cm³/mol. The van der Waals surface area contributed by atoms with Gasteiger partial charge in [-0.3, -0.25) is 14.5 Å². The summed E-state index contributed by atoms with van der Waals surface area (Å²) in [5, 5.41) is 2.73. The lowest BCUT2D eigenvalue weighted by atomic mass is 10.1. The van der Waals surface area contributed by atoms with E-state index in [9.17, 15) is 14.0 Å². The van der Waals surface area contributed by atoms with Gasteiger partial charge in [-0.1, -0.05) is 6.07 Å². The number of benzene rings is 1. The number of nitrogens with one attached hydrogen (secondary N) is 1. The van der Waals surface area contributed by atoms with E-state index >= 15 is 0 Å². The van der Waals surface area contributed by atoms with E-state index in [1.165, 1.54) is 13.2 Å². The Kier molecular flexibility index (Phi) is 5.92. The number of rotatable bonds is 6. The van der Waals surface area contributed by atoms with Gasteiger partial charge in [0.1, 0.15) is 17.6 Å². The molecule has 1 aliphatic rings. The predicted octanol–water partition coefficient (Wildman–Crippen LogP) is 1.09. The molecular weight excluding hydrogens is 303 g/mol. The first-order valence-electron chi connectivity index (χ1n) is 7.55. The molecule has 7 heteroatoms. The Morgan fingerprint density at radius 1 is 1.48 bits per heavy atom. The molecule has 1 atom stereocenters. The molecular formula is C16H21FN2O4. The summed E-state index contributed by atoms with van der Waals surface area (Å²) >= 11 is 0. The van der Waals surface area contributed by atoms with Crippen LogP contribution in [0.1, 0.15) is 18.9 Å². The van der Waals surface area contributed by atoms with Gasteiger partial charge in [0.25, 0.3) is 0 Å². The van der Waals surface area contributed by atoms with E-state index in [1.54, 1.807) is 24.0 Å². The van der Waals surface area contributed by atoms with Crippen LogP contribution >= 0.6 is 0 Å². The first-order valence-corrected chi connectivity index (χ1v) is 7.55. The molecule has 0 unspecified atom stereocenters. The lowest BCUT2D eigenvalue weighted by Crippen LogP contribution is -2.55. The Hall–Kier alpha value is -2.15. The number of methoxy groups -OCH3 is 1. The van der Waals surface area contributed by atoms with Crippen LogP contribution in [0.3, 0.4) is 0 Å². The molecule has 2 rings (SSSR count). The Morgan fingerprint density at radius 3 is 2.91 bits per heavy atom. The summed E-state index contributed by atoms with van der Waals surface area (Å²) in [5.74, 6) is -0.635. The van der Waals surface area contributed by atoms with Gasteiger partial charge < -0.3 is 14.8 Å². The molecule has 1 fully saturated rings. The fraction of sp³-hybridized carbons (Fsp3) is 0.500. The maximum Gasteiger partial charge on any atom is 0.307 e. The van der Waals surface area contributed by atoms with Crippen molar-refractivity contribution in [3.8, 4) is 5.75 Å². The second kappa shape index (κ2) is 7.92. The monoisotopic (exact) mass is 324 g/mol. The van der Waals surface area contributed by atoms with Crippen LogP contribution in [0.5, 0.6) is 5.75 Å². The van der Waals surface area contributed by atoms with E-state index < -0.39 is 17.8 Å². The zero-order chi connectivity index (χ0) is 16.8. The third kappa shape index (κ3) is 4.41. The molecule has 6 nitrogen and oxygen atoms in total. The first kappa shape index (κ1) is 17.2. The van der Waals surface area contributed by atoms with Gasteiger partial charge in [-0.15, -0.1) is 0 Å². The van der Waals surface area contributed by atoms with Crippen LogP contribution in [-0.2, 0) is 20.9 Å². The highest BCUT2D eigenvalue weighted by Gasteiger charge is 2.32. The lowest BCUT2D eigenvalue weighted by molar-refractivity contribution is -0.148. The van der Waals surface area contributed by atoms with Crippen molar-refractivity contribution in [1.29, 1.82) is 0 Å².